The highest BCUT2D eigenvalue weighted by molar-refractivity contribution is 7.98. The molecule has 0 radical (unpaired) electrons. The maximum atomic E-state index is 13.4. The van der Waals surface area contributed by atoms with Crippen molar-refractivity contribution >= 4 is 23.6 Å². The lowest BCUT2D eigenvalue weighted by atomic mass is 9.93. The number of ether oxygens (including phenoxy) is 2. The molecule has 1 aliphatic heterocycles. The van der Waals surface area contributed by atoms with Gasteiger partial charge in [-0.3, -0.25) is 9.69 Å². The zero-order chi connectivity index (χ0) is 25.4. The molecular formula is C28H38N2O4S. The summed E-state index contributed by atoms with van der Waals surface area (Å²) >= 11 is 1.63. The van der Waals surface area contributed by atoms with Crippen LogP contribution in [0.15, 0.2) is 42.5 Å². The summed E-state index contributed by atoms with van der Waals surface area (Å²) in [5.41, 5.74) is 4.70. The number of likely N-dealkylation sites (tertiary alicyclic amines) is 1. The van der Waals surface area contributed by atoms with Crippen LogP contribution in [0.2, 0.25) is 0 Å². The standard InChI is InChI=1S/C28H38N2O4S/c1-6-21-16-22(33-3)18-30(21)17-20-11-12-24(25(15-20)23-10-8-7-9-19(23)2)27(31)29-26(13-14-35-5)28(32)34-4/h7-12,15,21-22,26H,6,13-14,16-18H2,1-5H3,(H,29,31). The quantitative estimate of drug-likeness (QED) is 0.454. The second-order valence-electron chi connectivity index (χ2n) is 9.11. The number of benzene rings is 2. The number of rotatable bonds is 11. The first-order chi connectivity index (χ1) is 16.9. The van der Waals surface area contributed by atoms with E-state index >= 15 is 0 Å². The molecule has 190 valence electrons. The number of amides is 1. The van der Waals surface area contributed by atoms with Gasteiger partial charge in [-0.05, 0) is 72.6 Å². The van der Waals surface area contributed by atoms with Gasteiger partial charge in [-0.15, -0.1) is 0 Å². The Morgan fingerprint density at radius 3 is 2.60 bits per heavy atom. The Bertz CT molecular complexity index is 1010. The van der Waals surface area contributed by atoms with E-state index in [1.165, 1.54) is 7.11 Å². The molecular weight excluding hydrogens is 460 g/mol. The van der Waals surface area contributed by atoms with E-state index in [9.17, 15) is 9.59 Å². The van der Waals surface area contributed by atoms with Gasteiger partial charge in [0.15, 0.2) is 0 Å². The summed E-state index contributed by atoms with van der Waals surface area (Å²) in [4.78, 5) is 28.2. The van der Waals surface area contributed by atoms with Gasteiger partial charge in [0, 0.05) is 31.8 Å². The van der Waals surface area contributed by atoms with Gasteiger partial charge in [0.1, 0.15) is 6.04 Å². The molecule has 1 amide bonds. The van der Waals surface area contributed by atoms with Gasteiger partial charge in [0.2, 0.25) is 0 Å². The van der Waals surface area contributed by atoms with Crippen LogP contribution >= 0.6 is 11.8 Å². The van der Waals surface area contributed by atoms with E-state index in [1.54, 1.807) is 18.9 Å². The van der Waals surface area contributed by atoms with E-state index in [1.807, 2.05) is 36.6 Å². The van der Waals surface area contributed by atoms with Crippen LogP contribution in [0, 0.1) is 6.92 Å². The molecule has 3 rings (SSSR count). The topological polar surface area (TPSA) is 67.9 Å². The SMILES string of the molecule is CCC1CC(OC)CN1Cc1ccc(C(=O)NC(CCSC)C(=O)OC)c(-c2ccccc2C)c1. The highest BCUT2D eigenvalue weighted by atomic mass is 32.2. The zero-order valence-electron chi connectivity index (χ0n) is 21.5. The largest absolute Gasteiger partial charge is 0.467 e. The van der Waals surface area contributed by atoms with Gasteiger partial charge in [-0.1, -0.05) is 37.3 Å². The molecule has 1 aliphatic rings. The Labute approximate surface area is 213 Å². The smallest absolute Gasteiger partial charge is 0.328 e. The molecule has 35 heavy (non-hydrogen) atoms. The van der Waals surface area contributed by atoms with Crippen LogP contribution in [0.5, 0.6) is 0 Å². The summed E-state index contributed by atoms with van der Waals surface area (Å²) in [5.74, 6) is 0.0627. The third-order valence-corrected chi connectivity index (χ3v) is 7.49. The number of methoxy groups -OCH3 is 2. The molecule has 0 aromatic heterocycles. The van der Waals surface area contributed by atoms with Gasteiger partial charge in [0.25, 0.3) is 5.91 Å². The first kappa shape index (κ1) is 27.2. The van der Waals surface area contributed by atoms with Crippen LogP contribution in [0.1, 0.15) is 47.7 Å². The van der Waals surface area contributed by atoms with Gasteiger partial charge in [-0.2, -0.15) is 11.8 Å². The monoisotopic (exact) mass is 498 g/mol. The Balaban J connectivity index is 1.93. The van der Waals surface area contributed by atoms with E-state index in [-0.39, 0.29) is 12.0 Å². The molecule has 7 heteroatoms. The average molecular weight is 499 g/mol. The van der Waals surface area contributed by atoms with Gasteiger partial charge in [-0.25, -0.2) is 4.79 Å². The number of thioether (sulfide) groups is 1. The Morgan fingerprint density at radius 2 is 1.94 bits per heavy atom. The lowest BCUT2D eigenvalue weighted by Gasteiger charge is -2.24. The van der Waals surface area contributed by atoms with Crippen molar-refractivity contribution in [2.45, 2.75) is 57.8 Å². The molecule has 1 fully saturated rings. The number of hydrogen-bond acceptors (Lipinski definition) is 6. The predicted octanol–water partition coefficient (Wildman–Crippen LogP) is 4.69. The van der Waals surface area contributed by atoms with Crippen molar-refractivity contribution in [2.24, 2.45) is 0 Å². The van der Waals surface area contributed by atoms with E-state index < -0.39 is 12.0 Å². The van der Waals surface area contributed by atoms with Crippen LogP contribution < -0.4 is 5.32 Å². The number of esters is 1. The normalized spacial score (nSPS) is 18.9. The number of carbonyl (C=O) groups excluding carboxylic acids is 2. The second-order valence-corrected chi connectivity index (χ2v) is 10.1. The predicted molar refractivity (Wildman–Crippen MR) is 143 cm³/mol. The van der Waals surface area contributed by atoms with Crippen molar-refractivity contribution in [3.63, 3.8) is 0 Å². The van der Waals surface area contributed by atoms with Crippen molar-refractivity contribution in [1.29, 1.82) is 0 Å². The Hall–Kier alpha value is -2.35. The van der Waals surface area contributed by atoms with E-state index in [4.69, 9.17) is 9.47 Å². The molecule has 0 saturated carbocycles. The molecule has 3 unspecified atom stereocenters. The fourth-order valence-electron chi connectivity index (χ4n) is 4.81. The van der Waals surface area contributed by atoms with Crippen LogP contribution in [0.4, 0.5) is 0 Å². The summed E-state index contributed by atoms with van der Waals surface area (Å²) < 4.78 is 10.6. The van der Waals surface area contributed by atoms with Crippen molar-refractivity contribution < 1.29 is 19.1 Å². The second kappa shape index (κ2) is 13.1. The highest BCUT2D eigenvalue weighted by Gasteiger charge is 2.31. The number of carbonyl (C=O) groups is 2. The maximum Gasteiger partial charge on any atom is 0.328 e. The van der Waals surface area contributed by atoms with Gasteiger partial charge < -0.3 is 14.8 Å². The molecule has 6 nitrogen and oxygen atoms in total. The summed E-state index contributed by atoms with van der Waals surface area (Å²) in [6, 6.07) is 13.9. The van der Waals surface area contributed by atoms with Crippen molar-refractivity contribution in [2.75, 3.05) is 32.8 Å². The Kier molecular flexibility index (Phi) is 10.2. The molecule has 1 heterocycles. The van der Waals surface area contributed by atoms with Crippen LogP contribution in [-0.4, -0.2) is 67.7 Å². The summed E-state index contributed by atoms with van der Waals surface area (Å²) in [7, 11) is 3.13. The van der Waals surface area contributed by atoms with E-state index in [0.29, 0.717) is 18.0 Å². The molecule has 2 aromatic rings. The minimum atomic E-state index is -0.676. The van der Waals surface area contributed by atoms with Gasteiger partial charge in [0.05, 0.1) is 13.2 Å². The van der Waals surface area contributed by atoms with Crippen LogP contribution in [0.25, 0.3) is 11.1 Å². The van der Waals surface area contributed by atoms with Crippen molar-refractivity contribution in [3.05, 3.63) is 59.2 Å². The summed E-state index contributed by atoms with van der Waals surface area (Å²) in [6.45, 7) is 5.98. The fourth-order valence-corrected chi connectivity index (χ4v) is 5.28. The summed E-state index contributed by atoms with van der Waals surface area (Å²) in [5, 5.41) is 2.92. The molecule has 0 bridgehead atoms. The molecule has 0 spiro atoms. The number of nitrogens with zero attached hydrogens (tertiary/aromatic N) is 1. The third-order valence-electron chi connectivity index (χ3n) is 6.85. The van der Waals surface area contributed by atoms with Crippen molar-refractivity contribution in [3.8, 4) is 11.1 Å². The van der Waals surface area contributed by atoms with Gasteiger partial charge >= 0.3 is 5.97 Å². The molecule has 3 atom stereocenters. The number of aryl methyl sites for hydroxylation is 1. The van der Waals surface area contributed by atoms with E-state index in [0.717, 1.165) is 53.9 Å². The summed E-state index contributed by atoms with van der Waals surface area (Å²) in [6.07, 6.45) is 4.88. The zero-order valence-corrected chi connectivity index (χ0v) is 22.3. The molecule has 2 aromatic carbocycles. The molecule has 1 saturated heterocycles. The minimum Gasteiger partial charge on any atom is -0.467 e. The van der Waals surface area contributed by atoms with E-state index in [2.05, 4.69) is 36.2 Å². The van der Waals surface area contributed by atoms with Crippen LogP contribution in [0.3, 0.4) is 0 Å². The highest BCUT2D eigenvalue weighted by Crippen LogP contribution is 2.30. The molecule has 0 aliphatic carbocycles. The molecule has 1 N–H and O–H groups in total. The van der Waals surface area contributed by atoms with Crippen LogP contribution in [-0.2, 0) is 20.8 Å². The average Bonchev–Trinajstić information content (AvgIpc) is 3.28. The number of hydrogen-bond donors (Lipinski definition) is 1. The van der Waals surface area contributed by atoms with Crippen molar-refractivity contribution in [1.82, 2.24) is 10.2 Å². The first-order valence-corrected chi connectivity index (χ1v) is 13.6. The Morgan fingerprint density at radius 1 is 1.17 bits per heavy atom. The first-order valence-electron chi connectivity index (χ1n) is 12.2. The number of nitrogens with one attached hydrogen (secondary N) is 1. The lowest BCUT2D eigenvalue weighted by Crippen LogP contribution is -2.42. The maximum absolute atomic E-state index is 13.4. The fraction of sp³-hybridized carbons (Fsp3) is 0.500. The minimum absolute atomic E-state index is 0.261. The third kappa shape index (κ3) is 6.87. The lowest BCUT2D eigenvalue weighted by molar-refractivity contribution is -0.142.